The van der Waals surface area contributed by atoms with Crippen LogP contribution in [0.2, 0.25) is 0 Å². The van der Waals surface area contributed by atoms with Crippen LogP contribution in [-0.2, 0) is 6.54 Å². The average Bonchev–Trinajstić information content (AvgIpc) is 3.49. The lowest BCUT2D eigenvalue weighted by Gasteiger charge is -2.35. The Hall–Kier alpha value is -2.57. The van der Waals surface area contributed by atoms with E-state index in [1.165, 1.54) is 36.8 Å². The molecule has 2 aliphatic rings. The van der Waals surface area contributed by atoms with Crippen molar-refractivity contribution < 1.29 is 9.80 Å². The van der Waals surface area contributed by atoms with E-state index < -0.39 is 0 Å². The number of piperazine rings is 1. The van der Waals surface area contributed by atoms with E-state index in [1.807, 2.05) is 0 Å². The van der Waals surface area contributed by atoms with Gasteiger partial charge in [0, 0.05) is 11.1 Å². The Bertz CT molecular complexity index is 872. The summed E-state index contributed by atoms with van der Waals surface area (Å²) in [7, 11) is 0. The fourth-order valence-corrected chi connectivity index (χ4v) is 5.33. The standard InChI is InChI=1S/C24H30N6/c1-3-9-20(10-4-1)24(21-11-5-2-6-12-21)29-17-15-28(16-18-29)19-23-25-26-27-30(23)22-13-7-8-14-22/h1-6,9-12,22,24H,7-8,13-19H2/p+2. The quantitative estimate of drug-likeness (QED) is 0.641. The van der Waals surface area contributed by atoms with E-state index >= 15 is 0 Å². The maximum Gasteiger partial charge on any atom is 0.206 e. The molecule has 2 heterocycles. The zero-order valence-corrected chi connectivity index (χ0v) is 17.6. The number of rotatable bonds is 6. The average molecular weight is 405 g/mol. The van der Waals surface area contributed by atoms with Gasteiger partial charge in [-0.15, -0.1) is 5.10 Å². The van der Waals surface area contributed by atoms with Crippen LogP contribution in [0.4, 0.5) is 0 Å². The highest BCUT2D eigenvalue weighted by atomic mass is 15.6. The van der Waals surface area contributed by atoms with Gasteiger partial charge in [0.15, 0.2) is 0 Å². The highest BCUT2D eigenvalue weighted by Gasteiger charge is 2.33. The molecule has 6 nitrogen and oxygen atoms in total. The van der Waals surface area contributed by atoms with Crippen LogP contribution in [0.25, 0.3) is 0 Å². The van der Waals surface area contributed by atoms with Gasteiger partial charge in [-0.25, -0.2) is 4.68 Å². The monoisotopic (exact) mass is 404 g/mol. The summed E-state index contributed by atoms with van der Waals surface area (Å²) in [5.74, 6) is 1.07. The van der Waals surface area contributed by atoms with E-state index in [0.717, 1.165) is 38.5 Å². The molecule has 0 atom stereocenters. The fraction of sp³-hybridized carbons (Fsp3) is 0.458. The number of quaternary nitrogens is 2. The third kappa shape index (κ3) is 4.16. The maximum atomic E-state index is 4.38. The zero-order valence-electron chi connectivity index (χ0n) is 17.6. The van der Waals surface area contributed by atoms with Crippen molar-refractivity contribution in [1.29, 1.82) is 0 Å². The molecule has 5 rings (SSSR count). The van der Waals surface area contributed by atoms with Crippen LogP contribution in [0.3, 0.4) is 0 Å². The predicted octanol–water partition coefficient (Wildman–Crippen LogP) is 0.861. The van der Waals surface area contributed by atoms with Crippen molar-refractivity contribution in [3.8, 4) is 0 Å². The van der Waals surface area contributed by atoms with E-state index in [0.29, 0.717) is 12.1 Å². The van der Waals surface area contributed by atoms with Crippen molar-refractivity contribution in [3.05, 3.63) is 77.6 Å². The second-order valence-corrected chi connectivity index (χ2v) is 8.82. The Morgan fingerprint density at radius 1 is 0.833 bits per heavy atom. The summed E-state index contributed by atoms with van der Waals surface area (Å²) in [6, 6.07) is 22.9. The Morgan fingerprint density at radius 3 is 2.03 bits per heavy atom. The number of nitrogens with one attached hydrogen (secondary N) is 2. The van der Waals surface area contributed by atoms with Crippen LogP contribution >= 0.6 is 0 Å². The van der Waals surface area contributed by atoms with Gasteiger partial charge in [0.1, 0.15) is 38.8 Å². The van der Waals surface area contributed by atoms with Gasteiger partial charge in [-0.3, -0.25) is 0 Å². The van der Waals surface area contributed by atoms with E-state index in [-0.39, 0.29) is 0 Å². The van der Waals surface area contributed by atoms with Gasteiger partial charge in [0.25, 0.3) is 0 Å². The number of hydrogen-bond acceptors (Lipinski definition) is 3. The first-order valence-electron chi connectivity index (χ1n) is 11.4. The zero-order chi connectivity index (χ0) is 20.2. The minimum atomic E-state index is 0.401. The van der Waals surface area contributed by atoms with E-state index in [9.17, 15) is 0 Å². The first kappa shape index (κ1) is 19.4. The van der Waals surface area contributed by atoms with Crippen molar-refractivity contribution >= 4 is 0 Å². The smallest absolute Gasteiger partial charge is 0.206 e. The number of hydrogen-bond donors (Lipinski definition) is 2. The van der Waals surface area contributed by atoms with Gasteiger partial charge in [0.2, 0.25) is 5.82 Å². The molecule has 1 saturated carbocycles. The third-order valence-corrected chi connectivity index (χ3v) is 6.91. The highest BCUT2D eigenvalue weighted by molar-refractivity contribution is 5.29. The van der Waals surface area contributed by atoms with Crippen molar-refractivity contribution in [2.75, 3.05) is 26.2 Å². The molecule has 1 aromatic heterocycles. The van der Waals surface area contributed by atoms with E-state index in [4.69, 9.17) is 0 Å². The highest BCUT2D eigenvalue weighted by Crippen LogP contribution is 2.28. The predicted molar refractivity (Wildman–Crippen MR) is 115 cm³/mol. The largest absolute Gasteiger partial charge is 0.319 e. The Balaban J connectivity index is 1.27. The molecule has 2 fully saturated rings. The topological polar surface area (TPSA) is 52.5 Å². The van der Waals surface area contributed by atoms with E-state index in [2.05, 4.69) is 80.9 Å². The molecule has 2 aromatic carbocycles. The van der Waals surface area contributed by atoms with Crippen LogP contribution in [0.15, 0.2) is 60.7 Å². The summed E-state index contributed by atoms with van der Waals surface area (Å²) in [6.07, 6.45) is 5.06. The minimum absolute atomic E-state index is 0.401. The lowest BCUT2D eigenvalue weighted by Crippen LogP contribution is -3.27. The van der Waals surface area contributed by atoms with Crippen LogP contribution in [-0.4, -0.2) is 46.4 Å². The van der Waals surface area contributed by atoms with Gasteiger partial charge in [0.05, 0.1) is 6.04 Å². The molecule has 30 heavy (non-hydrogen) atoms. The number of nitrogens with zero attached hydrogens (tertiary/aromatic N) is 4. The second kappa shape index (κ2) is 9.06. The molecular formula is C24H32N6+2. The normalized spacial score (nSPS) is 22.6. The molecule has 1 aliphatic heterocycles. The molecular weight excluding hydrogens is 372 g/mol. The van der Waals surface area contributed by atoms with Gasteiger partial charge in [-0.05, 0) is 23.3 Å². The molecule has 156 valence electrons. The van der Waals surface area contributed by atoms with Gasteiger partial charge in [-0.1, -0.05) is 73.5 Å². The molecule has 1 saturated heterocycles. The Labute approximate surface area is 178 Å². The third-order valence-electron chi connectivity index (χ3n) is 6.91. The molecule has 1 aliphatic carbocycles. The summed E-state index contributed by atoms with van der Waals surface area (Å²) >= 11 is 0. The molecule has 0 unspecified atom stereocenters. The number of benzene rings is 2. The summed E-state index contributed by atoms with van der Waals surface area (Å²) in [6.45, 7) is 5.58. The van der Waals surface area contributed by atoms with Gasteiger partial charge >= 0.3 is 0 Å². The lowest BCUT2D eigenvalue weighted by atomic mass is 9.96. The SMILES string of the molecule is c1ccc(C(c2ccccc2)[NH+]2CC[NH+](Cc3nnnn3C3CCCC3)CC2)cc1. The summed E-state index contributed by atoms with van der Waals surface area (Å²) in [5, 5.41) is 12.7. The van der Waals surface area contributed by atoms with E-state index in [1.54, 1.807) is 9.80 Å². The first-order valence-corrected chi connectivity index (χ1v) is 11.4. The maximum absolute atomic E-state index is 4.38. The van der Waals surface area contributed by atoms with Crippen molar-refractivity contribution in [2.45, 2.75) is 44.3 Å². The van der Waals surface area contributed by atoms with Crippen LogP contribution in [0.5, 0.6) is 0 Å². The van der Waals surface area contributed by atoms with Gasteiger partial charge in [-0.2, -0.15) is 0 Å². The fourth-order valence-electron chi connectivity index (χ4n) is 5.33. The van der Waals surface area contributed by atoms with Crippen molar-refractivity contribution in [2.24, 2.45) is 0 Å². The van der Waals surface area contributed by atoms with Gasteiger partial charge < -0.3 is 9.80 Å². The Morgan fingerprint density at radius 2 is 1.43 bits per heavy atom. The second-order valence-electron chi connectivity index (χ2n) is 8.82. The molecule has 2 N–H and O–H groups in total. The molecule has 0 spiro atoms. The summed E-state index contributed by atoms with van der Waals surface area (Å²) < 4.78 is 2.12. The van der Waals surface area contributed by atoms with Crippen LogP contribution < -0.4 is 9.80 Å². The molecule has 0 amide bonds. The molecule has 0 radical (unpaired) electrons. The summed E-state index contributed by atoms with van der Waals surface area (Å²) in [4.78, 5) is 3.26. The van der Waals surface area contributed by atoms with Crippen molar-refractivity contribution in [3.63, 3.8) is 0 Å². The minimum Gasteiger partial charge on any atom is -0.319 e. The number of aromatic nitrogens is 4. The molecule has 0 bridgehead atoms. The molecule has 3 aromatic rings. The Kier molecular flexibility index (Phi) is 5.86. The lowest BCUT2D eigenvalue weighted by molar-refractivity contribution is -1.03. The summed E-state index contributed by atoms with van der Waals surface area (Å²) in [5.41, 5.74) is 2.82. The number of tetrazole rings is 1. The van der Waals surface area contributed by atoms with Crippen LogP contribution in [0.1, 0.15) is 54.7 Å². The first-order chi connectivity index (χ1) is 14.9. The van der Waals surface area contributed by atoms with Crippen molar-refractivity contribution in [1.82, 2.24) is 20.2 Å². The molecule has 6 heteroatoms. The van der Waals surface area contributed by atoms with Crippen LogP contribution in [0, 0.1) is 0 Å².